The van der Waals surface area contributed by atoms with Gasteiger partial charge in [-0.15, -0.1) is 12.6 Å². The minimum absolute atomic E-state index is 0. The molecule has 0 unspecified atom stereocenters. The van der Waals surface area contributed by atoms with Crippen LogP contribution in [0.2, 0.25) is 0 Å². The summed E-state index contributed by atoms with van der Waals surface area (Å²) in [6.07, 6.45) is 0. The molecule has 2 aromatic rings. The number of Topliss-reactive ketones (excluding diaryl/α,β-unsaturated/α-hetero) is 1. The maximum atomic E-state index is 10.6. The molecule has 0 saturated carbocycles. The molecular formula is C14H14OSZn. The minimum atomic E-state index is 0. The maximum absolute atomic E-state index is 10.6. The Morgan fingerprint density at radius 1 is 0.882 bits per heavy atom. The van der Waals surface area contributed by atoms with Crippen molar-refractivity contribution in [1.82, 2.24) is 0 Å². The third-order valence-corrected chi connectivity index (χ3v) is 2.23. The summed E-state index contributed by atoms with van der Waals surface area (Å²) in [5.74, 6) is 0.121. The third-order valence-electron chi connectivity index (χ3n) is 1.94. The van der Waals surface area contributed by atoms with E-state index in [9.17, 15) is 4.79 Å². The largest absolute Gasteiger partial charge is 0.295 e. The summed E-state index contributed by atoms with van der Waals surface area (Å²) in [6, 6.07) is 19.0. The first-order valence-electron chi connectivity index (χ1n) is 5.00. The molecular weight excluding hydrogens is 282 g/mol. The quantitative estimate of drug-likeness (QED) is 0.480. The summed E-state index contributed by atoms with van der Waals surface area (Å²) in [5, 5.41) is 0. The number of hydrogen-bond acceptors (Lipinski definition) is 2. The summed E-state index contributed by atoms with van der Waals surface area (Å²) in [7, 11) is 0. The fourth-order valence-corrected chi connectivity index (χ4v) is 1.27. The molecule has 2 rings (SSSR count). The molecule has 0 aliphatic carbocycles. The average molecular weight is 296 g/mol. The van der Waals surface area contributed by atoms with Gasteiger partial charge in [0.15, 0.2) is 5.78 Å². The monoisotopic (exact) mass is 294 g/mol. The zero-order valence-corrected chi connectivity index (χ0v) is 13.7. The van der Waals surface area contributed by atoms with Gasteiger partial charge in [0.1, 0.15) is 0 Å². The Kier molecular flexibility index (Phi) is 8.66. The first-order valence-corrected chi connectivity index (χ1v) is 5.45. The van der Waals surface area contributed by atoms with Gasteiger partial charge in [0.25, 0.3) is 0 Å². The van der Waals surface area contributed by atoms with Crippen LogP contribution in [0, 0.1) is 0 Å². The fraction of sp³-hybridized carbons (Fsp3) is 0.0714. The second kappa shape index (κ2) is 9.15. The number of carbonyl (C=O) groups is 1. The van der Waals surface area contributed by atoms with Gasteiger partial charge in [-0.2, -0.15) is 0 Å². The summed E-state index contributed by atoms with van der Waals surface area (Å²) >= 11 is 4.08. The van der Waals surface area contributed by atoms with Gasteiger partial charge in [-0.1, -0.05) is 48.5 Å². The second-order valence-electron chi connectivity index (χ2n) is 3.26. The van der Waals surface area contributed by atoms with Crippen LogP contribution in [-0.4, -0.2) is 5.78 Å². The Morgan fingerprint density at radius 2 is 1.29 bits per heavy atom. The molecule has 17 heavy (non-hydrogen) atoms. The Bertz CT molecular complexity index is 428. The number of hydrogen-bond donors (Lipinski definition) is 1. The molecule has 0 fully saturated rings. The van der Waals surface area contributed by atoms with Crippen LogP contribution in [0.3, 0.4) is 0 Å². The van der Waals surface area contributed by atoms with Crippen molar-refractivity contribution < 1.29 is 24.3 Å². The number of ketones is 1. The Labute approximate surface area is 120 Å². The molecule has 0 radical (unpaired) electrons. The van der Waals surface area contributed by atoms with Gasteiger partial charge in [-0.25, -0.2) is 0 Å². The molecule has 0 saturated heterocycles. The molecule has 0 spiro atoms. The standard InChI is InChI=1S/C8H8O.C6H6S.Zn/c1-7(9)8-5-3-2-4-6-8;7-6-4-2-1-3-5-6;/h2-6H,1H3;1-5,7H;. The van der Waals surface area contributed by atoms with E-state index >= 15 is 0 Å². The smallest absolute Gasteiger partial charge is 0.159 e. The first kappa shape index (κ1) is 16.1. The zero-order chi connectivity index (χ0) is 11.8. The van der Waals surface area contributed by atoms with Crippen LogP contribution >= 0.6 is 12.6 Å². The van der Waals surface area contributed by atoms with Crippen molar-refractivity contribution in [3.8, 4) is 0 Å². The average Bonchev–Trinajstić information content (AvgIpc) is 2.32. The van der Waals surface area contributed by atoms with Gasteiger partial charge in [0.2, 0.25) is 0 Å². The molecule has 1 nitrogen and oxygen atoms in total. The van der Waals surface area contributed by atoms with Gasteiger partial charge < -0.3 is 0 Å². The van der Waals surface area contributed by atoms with Crippen LogP contribution in [-0.2, 0) is 19.5 Å². The molecule has 0 aliphatic heterocycles. The van der Waals surface area contributed by atoms with E-state index in [0.717, 1.165) is 10.5 Å². The molecule has 0 amide bonds. The van der Waals surface area contributed by atoms with Crippen LogP contribution in [0.25, 0.3) is 0 Å². The fourth-order valence-electron chi connectivity index (χ4n) is 1.10. The normalized spacial score (nSPS) is 8.35. The first-order chi connectivity index (χ1) is 7.70. The Hall–Kier alpha value is -0.917. The summed E-state index contributed by atoms with van der Waals surface area (Å²) in [4.78, 5) is 11.7. The van der Waals surface area contributed by atoms with E-state index in [1.54, 1.807) is 6.92 Å². The van der Waals surface area contributed by atoms with E-state index in [0.29, 0.717) is 0 Å². The molecule has 2 aromatic carbocycles. The molecule has 0 aromatic heterocycles. The van der Waals surface area contributed by atoms with Crippen molar-refractivity contribution in [2.24, 2.45) is 0 Å². The Morgan fingerprint density at radius 3 is 1.53 bits per heavy atom. The van der Waals surface area contributed by atoms with E-state index in [1.165, 1.54) is 0 Å². The van der Waals surface area contributed by atoms with Crippen LogP contribution in [0.5, 0.6) is 0 Å². The number of thiol groups is 1. The van der Waals surface area contributed by atoms with Gasteiger partial charge in [-0.3, -0.25) is 4.79 Å². The van der Waals surface area contributed by atoms with Crippen LogP contribution in [0.1, 0.15) is 17.3 Å². The van der Waals surface area contributed by atoms with Crippen LogP contribution in [0.4, 0.5) is 0 Å². The number of rotatable bonds is 1. The maximum Gasteiger partial charge on any atom is 0.159 e. The minimum Gasteiger partial charge on any atom is -0.295 e. The SMILES string of the molecule is CC(=O)c1ccccc1.Sc1ccccc1.[Zn]. The molecule has 84 valence electrons. The molecule has 0 bridgehead atoms. The van der Waals surface area contributed by atoms with Crippen molar-refractivity contribution in [3.63, 3.8) is 0 Å². The summed E-state index contributed by atoms with van der Waals surface area (Å²) in [5.41, 5.74) is 0.775. The number of benzene rings is 2. The van der Waals surface area contributed by atoms with Crippen molar-refractivity contribution in [2.75, 3.05) is 0 Å². The van der Waals surface area contributed by atoms with Crippen molar-refractivity contribution in [2.45, 2.75) is 11.8 Å². The topological polar surface area (TPSA) is 17.1 Å². The van der Waals surface area contributed by atoms with Crippen molar-refractivity contribution >= 4 is 18.4 Å². The van der Waals surface area contributed by atoms with E-state index in [2.05, 4.69) is 12.6 Å². The van der Waals surface area contributed by atoms with Gasteiger partial charge in [0, 0.05) is 29.9 Å². The number of carbonyl (C=O) groups excluding carboxylic acids is 1. The zero-order valence-electron chi connectivity index (χ0n) is 9.84. The predicted molar refractivity (Wildman–Crippen MR) is 70.1 cm³/mol. The molecule has 3 heteroatoms. The van der Waals surface area contributed by atoms with Crippen LogP contribution in [0.15, 0.2) is 65.6 Å². The van der Waals surface area contributed by atoms with E-state index < -0.39 is 0 Å². The van der Waals surface area contributed by atoms with Crippen molar-refractivity contribution in [1.29, 1.82) is 0 Å². The Balaban J connectivity index is 0.000000292. The van der Waals surface area contributed by atoms with Gasteiger partial charge >= 0.3 is 0 Å². The predicted octanol–water partition coefficient (Wildman–Crippen LogP) is 3.86. The molecule has 0 aliphatic rings. The van der Waals surface area contributed by atoms with Crippen LogP contribution < -0.4 is 0 Å². The van der Waals surface area contributed by atoms with E-state index in [-0.39, 0.29) is 25.3 Å². The summed E-state index contributed by atoms with van der Waals surface area (Å²) < 4.78 is 0. The second-order valence-corrected chi connectivity index (χ2v) is 3.77. The molecule has 0 heterocycles. The van der Waals surface area contributed by atoms with Gasteiger partial charge in [0.05, 0.1) is 0 Å². The van der Waals surface area contributed by atoms with Crippen molar-refractivity contribution in [3.05, 3.63) is 66.2 Å². The van der Waals surface area contributed by atoms with E-state index in [1.807, 2.05) is 60.7 Å². The van der Waals surface area contributed by atoms with Gasteiger partial charge in [-0.05, 0) is 19.1 Å². The molecule has 0 atom stereocenters. The molecule has 0 N–H and O–H groups in total. The van der Waals surface area contributed by atoms with E-state index in [4.69, 9.17) is 0 Å². The third kappa shape index (κ3) is 7.09. The summed E-state index contributed by atoms with van der Waals surface area (Å²) in [6.45, 7) is 1.56.